The minimum Gasteiger partial charge on any atom is -0.459 e. The molecule has 9 nitrogen and oxygen atoms in total. The molecule has 0 spiro atoms. The lowest BCUT2D eigenvalue weighted by Gasteiger charge is -2.34. The molecule has 0 atom stereocenters. The predicted molar refractivity (Wildman–Crippen MR) is 125 cm³/mol. The molecule has 33 heavy (non-hydrogen) atoms. The molecule has 3 aromatic rings. The van der Waals surface area contributed by atoms with Gasteiger partial charge in [0.15, 0.2) is 5.76 Å². The van der Waals surface area contributed by atoms with Crippen molar-refractivity contribution >= 4 is 35.1 Å². The zero-order valence-electron chi connectivity index (χ0n) is 18.1. The Hall–Kier alpha value is -3.71. The van der Waals surface area contributed by atoms with Crippen LogP contribution in [0, 0.1) is 18.3 Å². The van der Waals surface area contributed by atoms with Crippen LogP contribution in [0.25, 0.3) is 11.7 Å². The maximum absolute atomic E-state index is 12.6. The number of amides is 2. The Morgan fingerprint density at radius 2 is 2.00 bits per heavy atom. The van der Waals surface area contributed by atoms with E-state index in [1.807, 2.05) is 36.1 Å². The number of hydrogen-bond acceptors (Lipinski definition) is 8. The smallest absolute Gasteiger partial charge is 0.266 e. The summed E-state index contributed by atoms with van der Waals surface area (Å²) < 4.78 is 11.1. The number of nitrogens with one attached hydrogen (secondary N) is 1. The average molecular weight is 466 g/mol. The Morgan fingerprint density at radius 3 is 2.70 bits per heavy atom. The summed E-state index contributed by atoms with van der Waals surface area (Å²) in [5, 5.41) is 12.3. The molecule has 0 radical (unpaired) electrons. The highest BCUT2D eigenvalue weighted by atomic mass is 32.2. The molecule has 1 aromatic carbocycles. The van der Waals surface area contributed by atoms with E-state index in [1.165, 1.54) is 18.0 Å². The number of carbonyl (C=O) groups is 2. The molecule has 1 N–H and O–H groups in total. The Labute approximate surface area is 195 Å². The molecule has 4 rings (SSSR count). The van der Waals surface area contributed by atoms with E-state index in [4.69, 9.17) is 8.83 Å². The van der Waals surface area contributed by atoms with Gasteiger partial charge in [0, 0.05) is 31.9 Å². The van der Waals surface area contributed by atoms with Crippen molar-refractivity contribution in [1.29, 1.82) is 5.26 Å². The number of aryl methyl sites for hydroxylation is 1. The van der Waals surface area contributed by atoms with Crippen LogP contribution in [-0.2, 0) is 9.59 Å². The Bertz CT molecular complexity index is 1160. The van der Waals surface area contributed by atoms with E-state index in [0.717, 1.165) is 11.3 Å². The van der Waals surface area contributed by atoms with Crippen molar-refractivity contribution in [2.75, 3.05) is 47.9 Å². The van der Waals surface area contributed by atoms with Crippen LogP contribution in [0.5, 0.6) is 0 Å². The zero-order chi connectivity index (χ0) is 23.2. The van der Waals surface area contributed by atoms with E-state index in [-0.39, 0.29) is 34.9 Å². The van der Waals surface area contributed by atoms with Crippen LogP contribution in [0.1, 0.15) is 11.3 Å². The molecule has 1 aliphatic rings. The number of furan rings is 1. The fourth-order valence-electron chi connectivity index (χ4n) is 3.51. The number of benzene rings is 1. The third-order valence-corrected chi connectivity index (χ3v) is 6.04. The van der Waals surface area contributed by atoms with E-state index in [9.17, 15) is 14.9 Å². The SMILES string of the molecule is Cc1cccc(NC(=O)CSCC(=O)N2CCN(c3oc(-c4ccco4)nc3C#N)CC2)c1. The van der Waals surface area contributed by atoms with Gasteiger partial charge in [-0.2, -0.15) is 10.2 Å². The van der Waals surface area contributed by atoms with Crippen molar-refractivity contribution in [2.24, 2.45) is 0 Å². The monoisotopic (exact) mass is 465 g/mol. The molecule has 0 bridgehead atoms. The molecule has 3 heterocycles. The largest absolute Gasteiger partial charge is 0.459 e. The van der Waals surface area contributed by atoms with Gasteiger partial charge in [-0.3, -0.25) is 9.59 Å². The third kappa shape index (κ3) is 5.56. The molecule has 0 aliphatic carbocycles. The van der Waals surface area contributed by atoms with Crippen LogP contribution in [0.15, 0.2) is 51.5 Å². The van der Waals surface area contributed by atoms with E-state index in [0.29, 0.717) is 37.8 Å². The molecule has 0 saturated carbocycles. The standard InChI is InChI=1S/C23H23N5O4S/c1-16-4-2-5-17(12-16)25-20(29)14-33-15-21(30)27-7-9-28(10-8-27)23-18(13-24)26-22(32-23)19-6-3-11-31-19/h2-6,11-12H,7-10,14-15H2,1H3,(H,25,29). The number of hydrogen-bond donors (Lipinski definition) is 1. The molecular formula is C23H23N5O4S. The number of oxazole rings is 1. The molecule has 0 unspecified atom stereocenters. The van der Waals surface area contributed by atoms with E-state index < -0.39 is 0 Å². The first-order valence-electron chi connectivity index (χ1n) is 10.5. The van der Waals surface area contributed by atoms with Gasteiger partial charge in [0.2, 0.25) is 23.4 Å². The number of thioether (sulfide) groups is 1. The van der Waals surface area contributed by atoms with Gasteiger partial charge in [-0.1, -0.05) is 12.1 Å². The van der Waals surface area contributed by atoms with Crippen LogP contribution >= 0.6 is 11.8 Å². The minimum absolute atomic E-state index is 0.0163. The fraction of sp³-hybridized carbons (Fsp3) is 0.304. The summed E-state index contributed by atoms with van der Waals surface area (Å²) >= 11 is 1.29. The Kier molecular flexibility index (Phi) is 7.00. The predicted octanol–water partition coefficient (Wildman–Crippen LogP) is 3.14. The summed E-state index contributed by atoms with van der Waals surface area (Å²) in [5.41, 5.74) is 2.01. The molecule has 2 amide bonds. The molecule has 2 aromatic heterocycles. The van der Waals surface area contributed by atoms with Crippen molar-refractivity contribution < 1.29 is 18.4 Å². The van der Waals surface area contributed by atoms with E-state index >= 15 is 0 Å². The lowest BCUT2D eigenvalue weighted by molar-refractivity contribution is -0.128. The Morgan fingerprint density at radius 1 is 1.18 bits per heavy atom. The maximum Gasteiger partial charge on any atom is 0.266 e. The quantitative estimate of drug-likeness (QED) is 0.566. The van der Waals surface area contributed by atoms with Gasteiger partial charge in [-0.05, 0) is 36.8 Å². The summed E-state index contributed by atoms with van der Waals surface area (Å²) in [7, 11) is 0. The summed E-state index contributed by atoms with van der Waals surface area (Å²) in [4.78, 5) is 32.6. The maximum atomic E-state index is 12.6. The minimum atomic E-state index is -0.134. The summed E-state index contributed by atoms with van der Waals surface area (Å²) in [6.45, 7) is 3.99. The van der Waals surface area contributed by atoms with Gasteiger partial charge in [0.25, 0.3) is 5.89 Å². The van der Waals surface area contributed by atoms with Crippen LogP contribution in [0.2, 0.25) is 0 Å². The molecule has 1 aliphatic heterocycles. The van der Waals surface area contributed by atoms with Crippen LogP contribution in [0.3, 0.4) is 0 Å². The van der Waals surface area contributed by atoms with Crippen molar-refractivity contribution in [3.05, 3.63) is 53.9 Å². The van der Waals surface area contributed by atoms with Crippen LogP contribution < -0.4 is 10.2 Å². The second-order valence-electron chi connectivity index (χ2n) is 7.54. The lowest BCUT2D eigenvalue weighted by atomic mass is 10.2. The molecule has 1 saturated heterocycles. The first-order chi connectivity index (χ1) is 16.0. The first kappa shape index (κ1) is 22.5. The zero-order valence-corrected chi connectivity index (χ0v) is 18.9. The van der Waals surface area contributed by atoms with Gasteiger partial charge in [-0.15, -0.1) is 11.8 Å². The summed E-state index contributed by atoms with van der Waals surface area (Å²) in [6, 6.07) is 13.1. The molecule has 170 valence electrons. The van der Waals surface area contributed by atoms with Gasteiger partial charge < -0.3 is 24.0 Å². The van der Waals surface area contributed by atoms with Crippen LogP contribution in [-0.4, -0.2) is 59.4 Å². The molecular weight excluding hydrogens is 442 g/mol. The number of carbonyl (C=O) groups excluding carboxylic acids is 2. The summed E-state index contributed by atoms with van der Waals surface area (Å²) in [5.74, 6) is 1.38. The van der Waals surface area contributed by atoms with Crippen molar-refractivity contribution in [2.45, 2.75) is 6.92 Å². The number of piperazine rings is 1. The number of anilines is 2. The van der Waals surface area contributed by atoms with Crippen molar-refractivity contribution in [3.63, 3.8) is 0 Å². The number of aromatic nitrogens is 1. The lowest BCUT2D eigenvalue weighted by Crippen LogP contribution is -2.49. The third-order valence-electron chi connectivity index (χ3n) is 5.13. The average Bonchev–Trinajstić information content (AvgIpc) is 3.49. The topological polar surface area (TPSA) is 116 Å². The van der Waals surface area contributed by atoms with Gasteiger partial charge in [0.1, 0.15) is 6.07 Å². The molecule has 1 fully saturated rings. The van der Waals surface area contributed by atoms with Crippen LogP contribution in [0.4, 0.5) is 11.6 Å². The van der Waals surface area contributed by atoms with E-state index in [2.05, 4.69) is 16.4 Å². The Balaban J connectivity index is 1.24. The highest BCUT2D eigenvalue weighted by Crippen LogP contribution is 2.29. The van der Waals surface area contributed by atoms with Gasteiger partial charge in [0.05, 0.1) is 17.8 Å². The van der Waals surface area contributed by atoms with Crippen molar-refractivity contribution in [1.82, 2.24) is 9.88 Å². The van der Waals surface area contributed by atoms with Crippen molar-refractivity contribution in [3.8, 4) is 17.7 Å². The highest BCUT2D eigenvalue weighted by Gasteiger charge is 2.27. The second-order valence-corrected chi connectivity index (χ2v) is 8.53. The van der Waals surface area contributed by atoms with E-state index in [1.54, 1.807) is 17.0 Å². The number of nitriles is 1. The van der Waals surface area contributed by atoms with Gasteiger partial charge in [-0.25, -0.2) is 0 Å². The fourth-order valence-corrected chi connectivity index (χ4v) is 4.22. The first-order valence-corrected chi connectivity index (χ1v) is 11.6. The number of nitrogens with zero attached hydrogens (tertiary/aromatic N) is 4. The second kappa shape index (κ2) is 10.3. The number of rotatable bonds is 7. The summed E-state index contributed by atoms with van der Waals surface area (Å²) in [6.07, 6.45) is 1.51. The normalized spacial score (nSPS) is 13.6. The highest BCUT2D eigenvalue weighted by molar-refractivity contribution is 8.00. The molecule has 10 heteroatoms. The van der Waals surface area contributed by atoms with Gasteiger partial charge >= 0.3 is 0 Å².